The normalized spacial score (nSPS) is 23.0. The third kappa shape index (κ3) is 3.02. The quantitative estimate of drug-likeness (QED) is 0.609. The molecule has 0 saturated heterocycles. The predicted molar refractivity (Wildman–Crippen MR) is 50.1 cm³/mol. The Balaban J connectivity index is 2.45. The topological polar surface area (TPSA) is 0 Å². The van der Waals surface area contributed by atoms with Crippen molar-refractivity contribution in [1.82, 2.24) is 0 Å². The van der Waals surface area contributed by atoms with Crippen LogP contribution in [0.3, 0.4) is 0 Å². The van der Waals surface area contributed by atoms with Crippen LogP contribution in [0.25, 0.3) is 0 Å². The van der Waals surface area contributed by atoms with E-state index >= 15 is 0 Å². The highest BCUT2D eigenvalue weighted by Gasteiger charge is 2.29. The third-order valence-corrected chi connectivity index (χ3v) is 5.63. The largest absolute Gasteiger partial charge is 0.388 e. The van der Waals surface area contributed by atoms with Crippen LogP contribution in [0.15, 0.2) is 22.5 Å². The maximum absolute atomic E-state index is 11.9. The van der Waals surface area contributed by atoms with Gasteiger partial charge in [0.2, 0.25) is 0 Å². The lowest BCUT2D eigenvalue weighted by molar-refractivity contribution is -0.130. The zero-order chi connectivity index (χ0) is 10.1. The van der Waals surface area contributed by atoms with E-state index in [0.29, 0.717) is 6.04 Å². The first-order valence-electron chi connectivity index (χ1n) is 4.32. The Hall–Kier alpha value is -0.513. The van der Waals surface area contributed by atoms with Crippen LogP contribution in [0, 0.1) is 0 Å². The van der Waals surface area contributed by atoms with Gasteiger partial charge in [-0.2, -0.15) is 13.2 Å². The zero-order valence-electron chi connectivity index (χ0n) is 7.78. The van der Waals surface area contributed by atoms with Gasteiger partial charge in [0.25, 0.3) is 0 Å². The minimum atomic E-state index is -3.99. The molecule has 1 atom stereocenters. The van der Waals surface area contributed by atoms with Crippen LogP contribution in [-0.4, -0.2) is 15.0 Å². The molecular formula is C9H13F3Si. The Morgan fingerprint density at radius 3 is 2.31 bits per heavy atom. The van der Waals surface area contributed by atoms with E-state index in [0.717, 1.165) is 0 Å². The van der Waals surface area contributed by atoms with Crippen molar-refractivity contribution in [2.75, 3.05) is 0 Å². The van der Waals surface area contributed by atoms with Gasteiger partial charge in [-0.25, -0.2) is 0 Å². The maximum Gasteiger partial charge on any atom is 0.388 e. The van der Waals surface area contributed by atoms with Gasteiger partial charge in [-0.15, -0.1) is 0 Å². The molecule has 13 heavy (non-hydrogen) atoms. The second-order valence-electron chi connectivity index (χ2n) is 3.49. The molecular weight excluding hydrogens is 193 g/mol. The van der Waals surface area contributed by atoms with Crippen molar-refractivity contribution in [2.24, 2.45) is 0 Å². The second-order valence-corrected chi connectivity index (χ2v) is 6.53. The van der Waals surface area contributed by atoms with Crippen molar-refractivity contribution in [3.8, 4) is 0 Å². The van der Waals surface area contributed by atoms with E-state index < -0.39 is 21.4 Å². The van der Waals surface area contributed by atoms with Gasteiger partial charge in [0.05, 0.1) is 8.80 Å². The molecule has 0 nitrogen and oxygen atoms in total. The average molecular weight is 206 g/mol. The highest BCUT2D eigenvalue weighted by molar-refractivity contribution is 6.72. The van der Waals surface area contributed by atoms with Crippen molar-refractivity contribution in [3.05, 3.63) is 22.5 Å². The Kier molecular flexibility index (Phi) is 3.00. The maximum atomic E-state index is 11.9. The minimum absolute atomic E-state index is 0.323. The summed E-state index contributed by atoms with van der Waals surface area (Å²) in [6.45, 7) is 3.93. The second kappa shape index (κ2) is 3.70. The molecule has 0 aromatic rings. The molecule has 0 spiro atoms. The summed E-state index contributed by atoms with van der Waals surface area (Å²) in [5, 5.41) is 1.21. The zero-order valence-corrected chi connectivity index (χ0v) is 8.93. The molecule has 0 aromatic heterocycles. The van der Waals surface area contributed by atoms with Crippen LogP contribution < -0.4 is 0 Å². The van der Waals surface area contributed by atoms with Crippen molar-refractivity contribution in [1.29, 1.82) is 0 Å². The van der Waals surface area contributed by atoms with Gasteiger partial charge in [0.15, 0.2) is 0 Å². The smallest absolute Gasteiger partial charge is 0.171 e. The molecule has 0 aliphatic carbocycles. The first-order chi connectivity index (χ1) is 5.90. The number of allylic oxidation sites excluding steroid dienone is 3. The Morgan fingerprint density at radius 1 is 1.31 bits per heavy atom. The van der Waals surface area contributed by atoms with E-state index in [-0.39, 0.29) is 0 Å². The van der Waals surface area contributed by atoms with Gasteiger partial charge >= 0.3 is 6.18 Å². The lowest BCUT2D eigenvalue weighted by Crippen LogP contribution is -2.15. The van der Waals surface area contributed by atoms with Gasteiger partial charge in [0.1, 0.15) is 0 Å². The SMILES string of the molecule is CC1=C(C)[SiH](CCC(F)(F)F)C=C1. The third-order valence-electron chi connectivity index (χ3n) is 2.50. The van der Waals surface area contributed by atoms with E-state index in [1.165, 1.54) is 10.8 Å². The van der Waals surface area contributed by atoms with Crippen molar-refractivity contribution < 1.29 is 13.2 Å². The molecule has 74 valence electrons. The molecule has 0 aromatic carbocycles. The van der Waals surface area contributed by atoms with Crippen LogP contribution >= 0.6 is 0 Å². The summed E-state index contributed by atoms with van der Waals surface area (Å²) in [6, 6.07) is 0.323. The van der Waals surface area contributed by atoms with E-state index in [9.17, 15) is 13.2 Å². The molecule has 1 aliphatic rings. The van der Waals surface area contributed by atoms with Crippen LogP contribution in [0.2, 0.25) is 6.04 Å². The standard InChI is InChI=1S/C9H13F3Si/c1-7-3-5-13(8(7)2)6-4-9(10,11)12/h3,5,13H,4,6H2,1-2H3. The molecule has 1 aliphatic heterocycles. The fraction of sp³-hybridized carbons (Fsp3) is 0.556. The summed E-state index contributed by atoms with van der Waals surface area (Å²) in [5.74, 6) is 0. The summed E-state index contributed by atoms with van der Waals surface area (Å²) >= 11 is 0. The lowest BCUT2D eigenvalue weighted by Gasteiger charge is -2.10. The van der Waals surface area contributed by atoms with E-state index in [1.807, 2.05) is 25.6 Å². The number of hydrogen-bond donors (Lipinski definition) is 0. The molecule has 0 radical (unpaired) electrons. The molecule has 0 amide bonds. The van der Waals surface area contributed by atoms with Gasteiger partial charge in [-0.3, -0.25) is 0 Å². The fourth-order valence-electron chi connectivity index (χ4n) is 1.46. The van der Waals surface area contributed by atoms with Crippen LogP contribution in [0.5, 0.6) is 0 Å². The molecule has 0 saturated carbocycles. The van der Waals surface area contributed by atoms with Gasteiger partial charge in [-0.1, -0.05) is 22.5 Å². The number of hydrogen-bond acceptors (Lipinski definition) is 0. The van der Waals surface area contributed by atoms with E-state index in [1.54, 1.807) is 0 Å². The Labute approximate surface area is 77.7 Å². The molecule has 1 rings (SSSR count). The lowest BCUT2D eigenvalue weighted by atomic mass is 10.3. The minimum Gasteiger partial charge on any atom is -0.171 e. The van der Waals surface area contributed by atoms with Gasteiger partial charge < -0.3 is 0 Å². The van der Waals surface area contributed by atoms with Crippen LogP contribution in [0.4, 0.5) is 13.2 Å². The summed E-state index contributed by atoms with van der Waals surface area (Å²) in [6.07, 6.45) is -2.65. The highest BCUT2D eigenvalue weighted by atomic mass is 28.3. The first-order valence-corrected chi connectivity index (χ1v) is 6.38. The first kappa shape index (κ1) is 10.6. The number of rotatable bonds is 2. The number of halogens is 3. The van der Waals surface area contributed by atoms with Gasteiger partial charge in [-0.05, 0) is 19.9 Å². The fourth-order valence-corrected chi connectivity index (χ4v) is 4.22. The van der Waals surface area contributed by atoms with E-state index in [2.05, 4.69) is 0 Å². The van der Waals surface area contributed by atoms with E-state index in [4.69, 9.17) is 0 Å². The van der Waals surface area contributed by atoms with Crippen molar-refractivity contribution in [3.63, 3.8) is 0 Å². The predicted octanol–water partition coefficient (Wildman–Crippen LogP) is 3.15. The molecule has 4 heteroatoms. The molecule has 1 unspecified atom stereocenters. The Morgan fingerprint density at radius 2 is 1.92 bits per heavy atom. The summed E-state index contributed by atoms with van der Waals surface area (Å²) in [7, 11) is -1.35. The Bertz CT molecular complexity index is 250. The highest BCUT2D eigenvalue weighted by Crippen LogP contribution is 2.27. The van der Waals surface area contributed by atoms with Crippen molar-refractivity contribution >= 4 is 8.80 Å². The molecule has 0 fully saturated rings. The average Bonchev–Trinajstić information content (AvgIpc) is 2.29. The summed E-state index contributed by atoms with van der Waals surface area (Å²) in [4.78, 5) is 0. The summed E-state index contributed by atoms with van der Waals surface area (Å²) in [5.41, 5.74) is 3.16. The molecule has 1 heterocycles. The molecule has 0 bridgehead atoms. The monoisotopic (exact) mass is 206 g/mol. The van der Waals surface area contributed by atoms with Gasteiger partial charge in [0, 0.05) is 6.42 Å². The number of alkyl halides is 3. The molecule has 0 N–H and O–H groups in total. The van der Waals surface area contributed by atoms with Crippen molar-refractivity contribution in [2.45, 2.75) is 32.5 Å². The van der Waals surface area contributed by atoms with Crippen LogP contribution in [0.1, 0.15) is 20.3 Å². The van der Waals surface area contributed by atoms with Crippen LogP contribution in [-0.2, 0) is 0 Å². The summed E-state index contributed by atoms with van der Waals surface area (Å²) < 4.78 is 35.7.